The molecule has 4 nitrogen and oxygen atoms in total. The fourth-order valence-electron chi connectivity index (χ4n) is 1.94. The number of fused-ring (bicyclic) bond motifs is 1. The highest BCUT2D eigenvalue weighted by Crippen LogP contribution is 2.15. The summed E-state index contributed by atoms with van der Waals surface area (Å²) in [6.45, 7) is 2.87. The molecule has 92 valence electrons. The third-order valence-corrected chi connectivity index (χ3v) is 3.01. The number of hydrogen-bond donors (Lipinski definition) is 2. The van der Waals surface area contributed by atoms with Gasteiger partial charge in [0, 0.05) is 12.1 Å². The highest BCUT2D eigenvalue weighted by molar-refractivity contribution is 5.74. The number of aromatic amines is 1. The minimum atomic E-state index is 0.173. The Hall–Kier alpha value is -2.07. The molecule has 0 aliphatic carbocycles. The van der Waals surface area contributed by atoms with Crippen LogP contribution in [0.15, 0.2) is 47.3 Å². The molecule has 18 heavy (non-hydrogen) atoms. The first-order valence-electron chi connectivity index (χ1n) is 6.02. The van der Waals surface area contributed by atoms with Gasteiger partial charge in [0.25, 0.3) is 0 Å². The first-order chi connectivity index (χ1) is 8.83. The number of nitrogens with one attached hydrogen (secondary N) is 2. The molecule has 0 aliphatic rings. The van der Waals surface area contributed by atoms with Crippen molar-refractivity contribution in [2.24, 2.45) is 0 Å². The van der Waals surface area contributed by atoms with Crippen molar-refractivity contribution in [2.45, 2.75) is 19.5 Å². The van der Waals surface area contributed by atoms with E-state index in [2.05, 4.69) is 22.2 Å². The Kier molecular flexibility index (Phi) is 2.86. The second-order valence-corrected chi connectivity index (χ2v) is 4.37. The van der Waals surface area contributed by atoms with Crippen LogP contribution in [-0.4, -0.2) is 9.97 Å². The number of benzene rings is 1. The molecule has 0 fully saturated rings. The van der Waals surface area contributed by atoms with Crippen LogP contribution in [0.3, 0.4) is 0 Å². The fourth-order valence-corrected chi connectivity index (χ4v) is 1.94. The van der Waals surface area contributed by atoms with Crippen LogP contribution in [0.2, 0.25) is 0 Å². The van der Waals surface area contributed by atoms with Crippen LogP contribution < -0.4 is 5.32 Å². The summed E-state index contributed by atoms with van der Waals surface area (Å²) in [4.78, 5) is 7.90. The van der Waals surface area contributed by atoms with Gasteiger partial charge in [0.15, 0.2) is 0 Å². The van der Waals surface area contributed by atoms with Gasteiger partial charge >= 0.3 is 0 Å². The van der Waals surface area contributed by atoms with E-state index in [0.29, 0.717) is 0 Å². The number of H-pyrrole nitrogens is 1. The Morgan fingerprint density at radius 3 is 3.00 bits per heavy atom. The molecule has 0 bridgehead atoms. The Morgan fingerprint density at radius 1 is 1.33 bits per heavy atom. The van der Waals surface area contributed by atoms with E-state index in [-0.39, 0.29) is 6.04 Å². The van der Waals surface area contributed by atoms with E-state index in [0.717, 1.165) is 29.0 Å². The van der Waals surface area contributed by atoms with Gasteiger partial charge in [0.05, 0.1) is 29.6 Å². The minimum Gasteiger partial charge on any atom is -0.472 e. The number of aromatic nitrogens is 2. The topological polar surface area (TPSA) is 53.9 Å². The average molecular weight is 241 g/mol. The van der Waals surface area contributed by atoms with Gasteiger partial charge in [-0.15, -0.1) is 0 Å². The van der Waals surface area contributed by atoms with E-state index in [9.17, 15) is 0 Å². The first-order valence-corrected chi connectivity index (χ1v) is 6.02. The van der Waals surface area contributed by atoms with Gasteiger partial charge in [0.2, 0.25) is 0 Å². The molecule has 0 saturated carbocycles. The van der Waals surface area contributed by atoms with E-state index < -0.39 is 0 Å². The van der Waals surface area contributed by atoms with Crippen molar-refractivity contribution in [1.29, 1.82) is 0 Å². The molecule has 3 aromatic rings. The minimum absolute atomic E-state index is 0.173. The molecule has 3 rings (SSSR count). The van der Waals surface area contributed by atoms with Gasteiger partial charge in [-0.05, 0) is 25.1 Å². The monoisotopic (exact) mass is 241 g/mol. The SMILES string of the molecule is CC(NCc1ccoc1)c1nc2ccccc2[nH]1. The largest absolute Gasteiger partial charge is 0.472 e. The summed E-state index contributed by atoms with van der Waals surface area (Å²) in [5, 5.41) is 3.41. The van der Waals surface area contributed by atoms with Crippen molar-refractivity contribution in [3.63, 3.8) is 0 Å². The van der Waals surface area contributed by atoms with Gasteiger partial charge in [-0.2, -0.15) is 0 Å². The number of nitrogens with zero attached hydrogens (tertiary/aromatic N) is 1. The summed E-state index contributed by atoms with van der Waals surface area (Å²) in [7, 11) is 0. The molecular formula is C14H15N3O. The van der Waals surface area contributed by atoms with Gasteiger partial charge in [0.1, 0.15) is 5.82 Å². The van der Waals surface area contributed by atoms with Crippen molar-refractivity contribution in [1.82, 2.24) is 15.3 Å². The summed E-state index contributed by atoms with van der Waals surface area (Å²) in [5.41, 5.74) is 3.21. The maximum absolute atomic E-state index is 5.04. The Labute approximate surface area is 105 Å². The summed E-state index contributed by atoms with van der Waals surface area (Å²) in [6.07, 6.45) is 3.43. The molecule has 2 heterocycles. The van der Waals surface area contributed by atoms with Crippen LogP contribution in [0.4, 0.5) is 0 Å². The van der Waals surface area contributed by atoms with Crippen LogP contribution in [0.5, 0.6) is 0 Å². The van der Waals surface area contributed by atoms with Gasteiger partial charge < -0.3 is 14.7 Å². The standard InChI is InChI=1S/C14H15N3O/c1-10(15-8-11-6-7-18-9-11)14-16-12-4-2-3-5-13(12)17-14/h2-7,9-10,15H,8H2,1H3,(H,16,17). The van der Waals surface area contributed by atoms with Crippen LogP contribution in [0.25, 0.3) is 11.0 Å². The molecule has 2 aromatic heterocycles. The number of furan rings is 1. The lowest BCUT2D eigenvalue weighted by Crippen LogP contribution is -2.18. The van der Waals surface area contributed by atoms with Gasteiger partial charge in [-0.25, -0.2) is 4.98 Å². The summed E-state index contributed by atoms with van der Waals surface area (Å²) in [6, 6.07) is 10.2. The van der Waals surface area contributed by atoms with Crippen LogP contribution in [0.1, 0.15) is 24.4 Å². The predicted molar refractivity (Wildman–Crippen MR) is 70.1 cm³/mol. The van der Waals surface area contributed by atoms with Crippen molar-refractivity contribution >= 4 is 11.0 Å². The molecule has 0 amide bonds. The van der Waals surface area contributed by atoms with E-state index >= 15 is 0 Å². The van der Waals surface area contributed by atoms with Crippen LogP contribution in [0, 0.1) is 0 Å². The zero-order chi connectivity index (χ0) is 12.4. The first kappa shape index (κ1) is 11.0. The zero-order valence-corrected chi connectivity index (χ0v) is 10.2. The van der Waals surface area contributed by atoms with Crippen molar-refractivity contribution < 1.29 is 4.42 Å². The third-order valence-electron chi connectivity index (χ3n) is 3.01. The van der Waals surface area contributed by atoms with Gasteiger partial charge in [-0.1, -0.05) is 12.1 Å². The summed E-state index contributed by atoms with van der Waals surface area (Å²) < 4.78 is 5.04. The molecule has 1 aromatic carbocycles. The maximum Gasteiger partial charge on any atom is 0.124 e. The smallest absolute Gasteiger partial charge is 0.124 e. The zero-order valence-electron chi connectivity index (χ0n) is 10.2. The molecule has 1 atom stereocenters. The van der Waals surface area contributed by atoms with Crippen LogP contribution in [-0.2, 0) is 6.54 Å². The second kappa shape index (κ2) is 4.66. The molecule has 2 N–H and O–H groups in total. The molecule has 4 heteroatoms. The second-order valence-electron chi connectivity index (χ2n) is 4.37. The maximum atomic E-state index is 5.04. The normalized spacial score (nSPS) is 12.9. The van der Waals surface area contributed by atoms with Crippen molar-refractivity contribution in [3.05, 3.63) is 54.2 Å². The van der Waals surface area contributed by atoms with E-state index in [1.807, 2.05) is 30.3 Å². The van der Waals surface area contributed by atoms with Crippen LogP contribution >= 0.6 is 0 Å². The highest BCUT2D eigenvalue weighted by Gasteiger charge is 2.10. The quantitative estimate of drug-likeness (QED) is 0.738. The van der Waals surface area contributed by atoms with Crippen molar-refractivity contribution in [2.75, 3.05) is 0 Å². The number of imidazole rings is 1. The lowest BCUT2D eigenvalue weighted by Gasteiger charge is -2.09. The van der Waals surface area contributed by atoms with E-state index in [4.69, 9.17) is 4.42 Å². The average Bonchev–Trinajstić information content (AvgIpc) is 3.04. The predicted octanol–water partition coefficient (Wildman–Crippen LogP) is 3.01. The lowest BCUT2D eigenvalue weighted by molar-refractivity contribution is 0.536. The molecular weight excluding hydrogens is 226 g/mol. The number of rotatable bonds is 4. The lowest BCUT2D eigenvalue weighted by atomic mass is 10.3. The Balaban J connectivity index is 1.73. The fraction of sp³-hybridized carbons (Fsp3) is 0.214. The summed E-state index contributed by atoms with van der Waals surface area (Å²) >= 11 is 0. The highest BCUT2D eigenvalue weighted by atomic mass is 16.3. The molecule has 0 spiro atoms. The number of hydrogen-bond acceptors (Lipinski definition) is 3. The van der Waals surface area contributed by atoms with E-state index in [1.165, 1.54) is 0 Å². The van der Waals surface area contributed by atoms with Gasteiger partial charge in [-0.3, -0.25) is 0 Å². The molecule has 0 aliphatic heterocycles. The Bertz CT molecular complexity index is 594. The summed E-state index contributed by atoms with van der Waals surface area (Å²) in [5.74, 6) is 0.958. The van der Waals surface area contributed by atoms with Crippen molar-refractivity contribution in [3.8, 4) is 0 Å². The van der Waals surface area contributed by atoms with E-state index in [1.54, 1.807) is 12.5 Å². The number of para-hydroxylation sites is 2. The third kappa shape index (κ3) is 2.15. The molecule has 1 unspecified atom stereocenters. The Morgan fingerprint density at radius 2 is 2.22 bits per heavy atom. The molecule has 0 saturated heterocycles. The molecule has 0 radical (unpaired) electrons.